The SMILES string of the molecule is COc1c(C)c2c(c(O)c1C/C=C(\C)CCC(=O)Oc1ccc(CCC(=O)OC(COC(C)=O)COC(C)=O)cc1)C(=O)OC2. The Balaban J connectivity index is 1.47. The predicted octanol–water partition coefficient (Wildman–Crippen LogP) is 4.22. The van der Waals surface area contributed by atoms with E-state index >= 15 is 0 Å². The van der Waals surface area contributed by atoms with Crippen molar-refractivity contribution in [3.63, 3.8) is 0 Å². The summed E-state index contributed by atoms with van der Waals surface area (Å²) in [6, 6.07) is 6.71. The molecule has 0 unspecified atom stereocenters. The molecule has 2 aromatic rings. The van der Waals surface area contributed by atoms with E-state index in [-0.39, 0.29) is 44.0 Å². The summed E-state index contributed by atoms with van der Waals surface area (Å²) in [7, 11) is 1.50. The zero-order valence-electron chi connectivity index (χ0n) is 26.1. The van der Waals surface area contributed by atoms with E-state index in [9.17, 15) is 29.1 Å². The van der Waals surface area contributed by atoms with Gasteiger partial charge in [-0.2, -0.15) is 0 Å². The minimum atomic E-state index is -0.913. The molecule has 0 aromatic heterocycles. The molecule has 1 heterocycles. The molecular formula is C33H38O12. The Morgan fingerprint density at radius 1 is 0.956 bits per heavy atom. The van der Waals surface area contributed by atoms with Crippen molar-refractivity contribution >= 4 is 29.8 Å². The van der Waals surface area contributed by atoms with Crippen LogP contribution in [0.1, 0.15) is 72.6 Å². The number of aryl methyl sites for hydroxylation is 1. The number of hydrogen-bond acceptors (Lipinski definition) is 12. The molecule has 1 aliphatic rings. The van der Waals surface area contributed by atoms with Crippen molar-refractivity contribution in [2.45, 2.75) is 72.5 Å². The maximum atomic E-state index is 12.5. The standard InChI is InChI=1S/C33H38O12/c1-19(6-13-26-31(38)30-27(18-43-33(30)39)20(2)32(26)40-5)7-14-28(36)44-24-11-8-23(9-12-24)10-15-29(37)45-25(16-41-21(3)34)17-42-22(4)35/h6,8-9,11-12,25,38H,7,10,13-18H2,1-5H3/b19-6+. The third-order valence-corrected chi connectivity index (χ3v) is 7.04. The van der Waals surface area contributed by atoms with Gasteiger partial charge in [0.25, 0.3) is 0 Å². The number of ether oxygens (including phenoxy) is 6. The number of aromatic hydroxyl groups is 1. The van der Waals surface area contributed by atoms with E-state index in [1.54, 1.807) is 24.3 Å². The first kappa shape index (κ1) is 34.6. The molecule has 12 heteroatoms. The van der Waals surface area contributed by atoms with Crippen molar-refractivity contribution in [2.24, 2.45) is 0 Å². The summed E-state index contributed by atoms with van der Waals surface area (Å²) in [6.07, 6.45) is 2.16. The fourth-order valence-corrected chi connectivity index (χ4v) is 4.64. The number of phenolic OH excluding ortho intramolecular Hbond substituents is 1. The van der Waals surface area contributed by atoms with Crippen LogP contribution in [0.4, 0.5) is 0 Å². The van der Waals surface area contributed by atoms with Gasteiger partial charge in [0.2, 0.25) is 0 Å². The minimum absolute atomic E-state index is 0.0279. The number of carbonyl (C=O) groups is 5. The van der Waals surface area contributed by atoms with Crippen LogP contribution in [0.2, 0.25) is 0 Å². The number of allylic oxidation sites excluding steroid dienone is 2. The molecule has 242 valence electrons. The molecule has 2 aromatic carbocycles. The molecule has 0 radical (unpaired) electrons. The fraction of sp³-hybridized carbons (Fsp3) is 0.424. The van der Waals surface area contributed by atoms with Crippen LogP contribution < -0.4 is 9.47 Å². The van der Waals surface area contributed by atoms with E-state index < -0.39 is 36.0 Å². The van der Waals surface area contributed by atoms with E-state index in [0.29, 0.717) is 41.9 Å². The maximum Gasteiger partial charge on any atom is 0.342 e. The van der Waals surface area contributed by atoms with Crippen molar-refractivity contribution in [1.29, 1.82) is 0 Å². The summed E-state index contributed by atoms with van der Waals surface area (Å²) < 4.78 is 31.0. The summed E-state index contributed by atoms with van der Waals surface area (Å²) in [5.74, 6) is -1.95. The average Bonchev–Trinajstić information content (AvgIpc) is 3.39. The van der Waals surface area contributed by atoms with Gasteiger partial charge in [0, 0.05) is 37.8 Å². The van der Waals surface area contributed by atoms with Crippen molar-refractivity contribution in [3.8, 4) is 17.2 Å². The zero-order valence-corrected chi connectivity index (χ0v) is 26.1. The van der Waals surface area contributed by atoms with Gasteiger partial charge in [-0.25, -0.2) is 4.79 Å². The highest BCUT2D eigenvalue weighted by Gasteiger charge is 2.31. The molecule has 1 aliphatic heterocycles. The molecule has 3 rings (SSSR count). The lowest BCUT2D eigenvalue weighted by Crippen LogP contribution is -2.30. The largest absolute Gasteiger partial charge is 0.507 e. The first-order chi connectivity index (χ1) is 21.4. The molecule has 12 nitrogen and oxygen atoms in total. The second-order valence-corrected chi connectivity index (χ2v) is 10.5. The Bertz CT molecular complexity index is 1440. The second-order valence-electron chi connectivity index (χ2n) is 10.5. The van der Waals surface area contributed by atoms with E-state index in [1.165, 1.54) is 21.0 Å². The van der Waals surface area contributed by atoms with E-state index in [0.717, 1.165) is 16.7 Å². The number of methoxy groups -OCH3 is 1. The van der Waals surface area contributed by atoms with Crippen LogP contribution in [-0.4, -0.2) is 61.4 Å². The number of phenols is 1. The van der Waals surface area contributed by atoms with E-state index in [2.05, 4.69) is 0 Å². The van der Waals surface area contributed by atoms with Gasteiger partial charge in [-0.3, -0.25) is 19.2 Å². The van der Waals surface area contributed by atoms with Crippen LogP contribution in [0.3, 0.4) is 0 Å². The van der Waals surface area contributed by atoms with Crippen molar-refractivity contribution < 1.29 is 57.5 Å². The highest BCUT2D eigenvalue weighted by atomic mass is 16.6. The van der Waals surface area contributed by atoms with Gasteiger partial charge in [0.05, 0.1) is 7.11 Å². The van der Waals surface area contributed by atoms with Crippen LogP contribution >= 0.6 is 0 Å². The molecule has 0 fully saturated rings. The number of fused-ring (bicyclic) bond motifs is 1. The van der Waals surface area contributed by atoms with Gasteiger partial charge in [-0.15, -0.1) is 0 Å². The lowest BCUT2D eigenvalue weighted by molar-refractivity contribution is -0.165. The van der Waals surface area contributed by atoms with Crippen molar-refractivity contribution in [2.75, 3.05) is 20.3 Å². The molecular weight excluding hydrogens is 588 g/mol. The van der Waals surface area contributed by atoms with E-state index in [4.69, 9.17) is 28.4 Å². The molecule has 0 saturated heterocycles. The van der Waals surface area contributed by atoms with Crippen LogP contribution in [0.25, 0.3) is 0 Å². The molecule has 45 heavy (non-hydrogen) atoms. The van der Waals surface area contributed by atoms with Gasteiger partial charge in [0.15, 0.2) is 6.10 Å². The van der Waals surface area contributed by atoms with Gasteiger partial charge in [0.1, 0.15) is 42.6 Å². The molecule has 0 spiro atoms. The molecule has 0 saturated carbocycles. The predicted molar refractivity (Wildman–Crippen MR) is 159 cm³/mol. The Kier molecular flexibility index (Phi) is 12.5. The fourth-order valence-electron chi connectivity index (χ4n) is 4.64. The lowest BCUT2D eigenvalue weighted by Gasteiger charge is -2.17. The first-order valence-electron chi connectivity index (χ1n) is 14.4. The van der Waals surface area contributed by atoms with Crippen molar-refractivity contribution in [1.82, 2.24) is 0 Å². The number of rotatable bonds is 15. The molecule has 1 N–H and O–H groups in total. The Hall–Kier alpha value is -4.87. The summed E-state index contributed by atoms with van der Waals surface area (Å²) in [5.41, 5.74) is 3.70. The Labute approximate surface area is 261 Å². The van der Waals surface area contributed by atoms with Gasteiger partial charge < -0.3 is 33.5 Å². The number of esters is 5. The summed E-state index contributed by atoms with van der Waals surface area (Å²) in [6.45, 7) is 5.75. The lowest BCUT2D eigenvalue weighted by atomic mass is 9.94. The van der Waals surface area contributed by atoms with Gasteiger partial charge in [-0.1, -0.05) is 23.8 Å². The highest BCUT2D eigenvalue weighted by molar-refractivity contribution is 5.98. The summed E-state index contributed by atoms with van der Waals surface area (Å²) >= 11 is 0. The van der Waals surface area contributed by atoms with Crippen molar-refractivity contribution in [3.05, 3.63) is 63.7 Å². The molecule has 0 aliphatic carbocycles. The number of cyclic esters (lactones) is 1. The van der Waals surface area contributed by atoms with Crippen LogP contribution in [0.15, 0.2) is 35.9 Å². The third-order valence-electron chi connectivity index (χ3n) is 7.04. The minimum Gasteiger partial charge on any atom is -0.507 e. The van der Waals surface area contributed by atoms with Crippen LogP contribution in [-0.2, 0) is 57.6 Å². The molecule has 0 bridgehead atoms. The Morgan fingerprint density at radius 2 is 1.60 bits per heavy atom. The highest BCUT2D eigenvalue weighted by Crippen LogP contribution is 2.42. The molecule has 0 amide bonds. The first-order valence-corrected chi connectivity index (χ1v) is 14.4. The van der Waals surface area contributed by atoms with Gasteiger partial charge in [-0.05, 0) is 56.4 Å². The maximum absolute atomic E-state index is 12.5. The third kappa shape index (κ3) is 10.1. The normalized spacial score (nSPS) is 12.3. The Morgan fingerprint density at radius 3 is 2.20 bits per heavy atom. The average molecular weight is 627 g/mol. The summed E-state index contributed by atoms with van der Waals surface area (Å²) in [4.78, 5) is 59.0. The molecule has 0 atom stereocenters. The van der Waals surface area contributed by atoms with E-state index in [1.807, 2.05) is 19.9 Å². The van der Waals surface area contributed by atoms with Crippen LogP contribution in [0, 0.1) is 6.92 Å². The summed E-state index contributed by atoms with van der Waals surface area (Å²) in [5, 5.41) is 10.8. The topological polar surface area (TPSA) is 161 Å². The second kappa shape index (κ2) is 16.3. The number of benzene rings is 2. The van der Waals surface area contributed by atoms with Gasteiger partial charge >= 0.3 is 29.8 Å². The quantitative estimate of drug-likeness (QED) is 0.130. The number of hydrogen-bond donors (Lipinski definition) is 1. The zero-order chi connectivity index (χ0) is 33.1. The monoisotopic (exact) mass is 626 g/mol. The number of carbonyl (C=O) groups excluding carboxylic acids is 5. The van der Waals surface area contributed by atoms with Crippen LogP contribution in [0.5, 0.6) is 17.2 Å². The smallest absolute Gasteiger partial charge is 0.342 e.